The molecule has 0 amide bonds. The van der Waals surface area contributed by atoms with Gasteiger partial charge in [-0.25, -0.2) is 4.39 Å². The number of ether oxygens (including phenoxy) is 1. The van der Waals surface area contributed by atoms with E-state index in [1.807, 2.05) is 6.92 Å². The lowest BCUT2D eigenvalue weighted by molar-refractivity contribution is 0.260. The minimum absolute atomic E-state index is 0.0714. The Bertz CT molecular complexity index is 370. The molecule has 1 unspecified atom stereocenters. The van der Waals surface area contributed by atoms with Gasteiger partial charge in [0.25, 0.3) is 0 Å². The summed E-state index contributed by atoms with van der Waals surface area (Å²) in [6.45, 7) is 1.84. The number of halogens is 2. The summed E-state index contributed by atoms with van der Waals surface area (Å²) in [6.07, 6.45) is 0.0382. The van der Waals surface area contributed by atoms with E-state index in [1.54, 1.807) is 0 Å². The van der Waals surface area contributed by atoms with Gasteiger partial charge in [-0.1, -0.05) is 18.5 Å². The molecular formula is C10H12ClFN2O. The Morgan fingerprint density at radius 2 is 2.33 bits per heavy atom. The second-order valence-electron chi connectivity index (χ2n) is 3.04. The van der Waals surface area contributed by atoms with Gasteiger partial charge in [-0.3, -0.25) is 5.41 Å². The van der Waals surface area contributed by atoms with E-state index >= 15 is 0 Å². The topological polar surface area (TPSA) is 59.1 Å². The molecule has 0 saturated heterocycles. The maximum absolute atomic E-state index is 12.7. The largest absolute Gasteiger partial charge is 0.481 e. The van der Waals surface area contributed by atoms with Crippen LogP contribution in [0, 0.1) is 11.2 Å². The summed E-state index contributed by atoms with van der Waals surface area (Å²) in [5, 5.41) is 7.42. The van der Waals surface area contributed by atoms with Crippen LogP contribution in [0.5, 0.6) is 5.75 Å². The summed E-state index contributed by atoms with van der Waals surface area (Å²) in [6, 6.07) is 3.82. The monoisotopic (exact) mass is 230 g/mol. The van der Waals surface area contributed by atoms with E-state index in [-0.39, 0.29) is 10.9 Å². The van der Waals surface area contributed by atoms with Gasteiger partial charge < -0.3 is 10.5 Å². The fraction of sp³-hybridized carbons (Fsp3) is 0.300. The summed E-state index contributed by atoms with van der Waals surface area (Å²) in [4.78, 5) is 0. The smallest absolute Gasteiger partial charge is 0.155 e. The molecule has 0 aliphatic rings. The second-order valence-corrected chi connectivity index (χ2v) is 3.45. The average Bonchev–Trinajstić information content (AvgIpc) is 2.16. The number of benzene rings is 1. The molecule has 0 heterocycles. The summed E-state index contributed by atoms with van der Waals surface area (Å²) in [5.41, 5.74) is 5.32. The first-order valence-electron chi connectivity index (χ1n) is 4.50. The second kappa shape index (κ2) is 4.98. The van der Waals surface area contributed by atoms with E-state index in [0.717, 1.165) is 6.07 Å². The van der Waals surface area contributed by atoms with Crippen LogP contribution in [0.15, 0.2) is 18.2 Å². The molecule has 1 rings (SSSR count). The molecule has 0 fully saturated rings. The van der Waals surface area contributed by atoms with E-state index in [4.69, 9.17) is 27.5 Å². The first-order chi connectivity index (χ1) is 7.04. The molecule has 0 radical (unpaired) electrons. The SMILES string of the molecule is CCC(Oc1ccc(F)cc1Cl)C(=N)N. The molecule has 15 heavy (non-hydrogen) atoms. The van der Waals surface area contributed by atoms with Crippen LogP contribution in [-0.2, 0) is 0 Å². The van der Waals surface area contributed by atoms with Crippen LogP contribution in [0.3, 0.4) is 0 Å². The highest BCUT2D eigenvalue weighted by Crippen LogP contribution is 2.26. The van der Waals surface area contributed by atoms with Crippen molar-refractivity contribution in [1.82, 2.24) is 0 Å². The van der Waals surface area contributed by atoms with Gasteiger partial charge in [-0.05, 0) is 24.6 Å². The quantitative estimate of drug-likeness (QED) is 0.617. The Hall–Kier alpha value is -1.29. The first-order valence-corrected chi connectivity index (χ1v) is 4.88. The maximum Gasteiger partial charge on any atom is 0.155 e. The third kappa shape index (κ3) is 3.09. The average molecular weight is 231 g/mol. The van der Waals surface area contributed by atoms with Gasteiger partial charge in [0.1, 0.15) is 17.4 Å². The van der Waals surface area contributed by atoms with E-state index in [2.05, 4.69) is 0 Å². The van der Waals surface area contributed by atoms with Gasteiger partial charge >= 0.3 is 0 Å². The first kappa shape index (κ1) is 11.8. The van der Waals surface area contributed by atoms with Crippen molar-refractivity contribution in [3.63, 3.8) is 0 Å². The predicted octanol–water partition coefficient (Wildman–Crippen LogP) is 2.57. The molecule has 1 atom stereocenters. The summed E-state index contributed by atoms with van der Waals surface area (Å²) in [5.74, 6) is -0.166. The third-order valence-electron chi connectivity index (χ3n) is 1.88. The van der Waals surface area contributed by atoms with Crippen LogP contribution in [0.2, 0.25) is 5.02 Å². The molecular weight excluding hydrogens is 219 g/mol. The highest BCUT2D eigenvalue weighted by molar-refractivity contribution is 6.32. The number of hydrogen-bond acceptors (Lipinski definition) is 2. The van der Waals surface area contributed by atoms with Gasteiger partial charge in [0.05, 0.1) is 5.02 Å². The van der Waals surface area contributed by atoms with E-state index in [9.17, 15) is 4.39 Å². The molecule has 1 aromatic rings. The van der Waals surface area contributed by atoms with Crippen molar-refractivity contribution in [3.05, 3.63) is 29.0 Å². The molecule has 0 aromatic heterocycles. The summed E-state index contributed by atoms with van der Waals surface area (Å²) in [7, 11) is 0. The van der Waals surface area contributed by atoms with Crippen molar-refractivity contribution in [3.8, 4) is 5.75 Å². The Morgan fingerprint density at radius 1 is 1.67 bits per heavy atom. The number of hydrogen-bond donors (Lipinski definition) is 2. The lowest BCUT2D eigenvalue weighted by Crippen LogP contribution is -2.32. The zero-order valence-corrected chi connectivity index (χ0v) is 9.01. The van der Waals surface area contributed by atoms with Crippen LogP contribution in [-0.4, -0.2) is 11.9 Å². The van der Waals surface area contributed by atoms with Crippen LogP contribution < -0.4 is 10.5 Å². The van der Waals surface area contributed by atoms with E-state index < -0.39 is 11.9 Å². The highest BCUT2D eigenvalue weighted by Gasteiger charge is 2.13. The summed E-state index contributed by atoms with van der Waals surface area (Å²) < 4.78 is 18.1. The Morgan fingerprint density at radius 3 is 2.80 bits per heavy atom. The van der Waals surface area contributed by atoms with Gasteiger partial charge in [0.2, 0.25) is 0 Å². The number of amidine groups is 1. The van der Waals surface area contributed by atoms with Crippen molar-refractivity contribution >= 4 is 17.4 Å². The minimum atomic E-state index is -0.520. The predicted molar refractivity (Wildman–Crippen MR) is 58.0 cm³/mol. The number of nitrogens with one attached hydrogen (secondary N) is 1. The molecule has 0 saturated carbocycles. The van der Waals surface area contributed by atoms with Crippen molar-refractivity contribution in [2.24, 2.45) is 5.73 Å². The van der Waals surface area contributed by atoms with Gasteiger partial charge in [0.15, 0.2) is 6.10 Å². The van der Waals surface area contributed by atoms with Gasteiger partial charge in [-0.2, -0.15) is 0 Å². The third-order valence-corrected chi connectivity index (χ3v) is 2.18. The van der Waals surface area contributed by atoms with E-state index in [1.165, 1.54) is 12.1 Å². The van der Waals surface area contributed by atoms with Gasteiger partial charge in [-0.15, -0.1) is 0 Å². The summed E-state index contributed by atoms with van der Waals surface area (Å²) >= 11 is 5.76. The molecule has 0 bridgehead atoms. The Labute approximate surface area is 92.5 Å². The highest BCUT2D eigenvalue weighted by atomic mass is 35.5. The molecule has 0 spiro atoms. The van der Waals surface area contributed by atoms with Crippen LogP contribution >= 0.6 is 11.6 Å². The zero-order valence-electron chi connectivity index (χ0n) is 8.26. The fourth-order valence-corrected chi connectivity index (χ4v) is 1.30. The maximum atomic E-state index is 12.7. The zero-order chi connectivity index (χ0) is 11.4. The van der Waals surface area contributed by atoms with Crippen molar-refractivity contribution < 1.29 is 9.13 Å². The Balaban J connectivity index is 2.84. The van der Waals surface area contributed by atoms with E-state index in [0.29, 0.717) is 12.2 Å². The molecule has 3 nitrogen and oxygen atoms in total. The van der Waals surface area contributed by atoms with Gasteiger partial charge in [0, 0.05) is 0 Å². The fourth-order valence-electron chi connectivity index (χ4n) is 1.09. The minimum Gasteiger partial charge on any atom is -0.481 e. The molecule has 3 N–H and O–H groups in total. The van der Waals surface area contributed by atoms with Crippen molar-refractivity contribution in [1.29, 1.82) is 5.41 Å². The standard InChI is InChI=1S/C10H12ClFN2O/c1-2-8(10(13)14)15-9-4-3-6(12)5-7(9)11/h3-5,8H,2H2,1H3,(H3,13,14). The Kier molecular flexibility index (Phi) is 3.91. The molecule has 1 aromatic carbocycles. The van der Waals surface area contributed by atoms with Crippen LogP contribution in [0.25, 0.3) is 0 Å². The molecule has 0 aliphatic heterocycles. The van der Waals surface area contributed by atoms with Crippen LogP contribution in [0.1, 0.15) is 13.3 Å². The van der Waals surface area contributed by atoms with Crippen molar-refractivity contribution in [2.45, 2.75) is 19.4 Å². The van der Waals surface area contributed by atoms with Crippen molar-refractivity contribution in [2.75, 3.05) is 0 Å². The number of nitrogens with two attached hydrogens (primary N) is 1. The number of rotatable bonds is 4. The lowest BCUT2D eigenvalue weighted by atomic mass is 10.2. The van der Waals surface area contributed by atoms with Crippen LogP contribution in [0.4, 0.5) is 4.39 Å². The lowest BCUT2D eigenvalue weighted by Gasteiger charge is -2.16. The normalized spacial score (nSPS) is 12.2. The molecule has 82 valence electrons. The molecule has 5 heteroatoms. The molecule has 0 aliphatic carbocycles.